The summed E-state index contributed by atoms with van der Waals surface area (Å²) in [4.78, 5) is 22.3. The van der Waals surface area contributed by atoms with Crippen LogP contribution in [-0.4, -0.2) is 16.9 Å². The van der Waals surface area contributed by atoms with Crippen molar-refractivity contribution in [1.82, 2.24) is 0 Å². The third kappa shape index (κ3) is 3.91. The molecule has 92 valence electrons. The maximum absolute atomic E-state index is 12.4. The monoisotopic (exact) mass is 300 g/mol. The first kappa shape index (κ1) is 14.4. The van der Waals surface area contributed by atoms with Crippen LogP contribution in [0.15, 0.2) is 18.2 Å². The Bertz CT molecular complexity index is 469. The minimum atomic E-state index is -4.04. The third-order valence-electron chi connectivity index (χ3n) is 1.88. The normalized spacial score (nSPS) is 11.4. The summed E-state index contributed by atoms with van der Waals surface area (Å²) < 4.78 is 24.7. The number of ketones is 2. The van der Waals surface area contributed by atoms with Gasteiger partial charge in [-0.2, -0.15) is 8.78 Å². The zero-order valence-electron chi connectivity index (χ0n) is 8.15. The predicted molar refractivity (Wildman–Crippen MR) is 61.2 cm³/mol. The lowest BCUT2D eigenvalue weighted by Crippen LogP contribution is -2.24. The van der Waals surface area contributed by atoms with Gasteiger partial charge in [-0.1, -0.05) is 23.2 Å². The Labute approximate surface area is 110 Å². The summed E-state index contributed by atoms with van der Waals surface area (Å²) in [7, 11) is 0. The van der Waals surface area contributed by atoms with Crippen molar-refractivity contribution in [2.24, 2.45) is 0 Å². The molecule has 1 aromatic rings. The second-order valence-corrected chi connectivity index (χ2v) is 4.44. The lowest BCUT2D eigenvalue weighted by molar-refractivity contribution is -0.132. The van der Waals surface area contributed by atoms with Crippen molar-refractivity contribution in [3.05, 3.63) is 33.8 Å². The maximum atomic E-state index is 12.4. The molecule has 0 amide bonds. The molecule has 0 aliphatic carbocycles. The largest absolute Gasteiger partial charge is 0.380 e. The van der Waals surface area contributed by atoms with E-state index in [1.807, 2.05) is 0 Å². The van der Waals surface area contributed by atoms with Crippen molar-refractivity contribution in [1.29, 1.82) is 0 Å². The van der Waals surface area contributed by atoms with Crippen molar-refractivity contribution in [2.75, 3.05) is 0 Å². The second kappa shape index (κ2) is 5.29. The van der Waals surface area contributed by atoms with Crippen LogP contribution in [0.5, 0.6) is 0 Å². The average Bonchev–Trinajstić information content (AvgIpc) is 2.20. The predicted octanol–water partition coefficient (Wildman–Crippen LogP) is 3.97. The van der Waals surface area contributed by atoms with Gasteiger partial charge < -0.3 is 0 Å². The van der Waals surface area contributed by atoms with Gasteiger partial charge in [0, 0.05) is 5.56 Å². The Morgan fingerprint density at radius 2 is 1.76 bits per heavy atom. The van der Waals surface area contributed by atoms with Crippen LogP contribution in [-0.2, 0) is 4.79 Å². The van der Waals surface area contributed by atoms with Gasteiger partial charge in [-0.05, 0) is 29.8 Å². The molecular formula is C10H5Cl3F2O2. The van der Waals surface area contributed by atoms with E-state index in [0.29, 0.717) is 0 Å². The van der Waals surface area contributed by atoms with Gasteiger partial charge in [-0.25, -0.2) is 0 Å². The Balaban J connectivity index is 2.84. The van der Waals surface area contributed by atoms with E-state index in [0.717, 1.165) is 0 Å². The summed E-state index contributed by atoms with van der Waals surface area (Å²) in [5, 5.41) is -3.72. The number of halogens is 5. The summed E-state index contributed by atoms with van der Waals surface area (Å²) in [5.41, 5.74) is 0.0219. The molecule has 2 nitrogen and oxygen atoms in total. The molecule has 0 aliphatic heterocycles. The molecule has 0 bridgehead atoms. The van der Waals surface area contributed by atoms with Crippen molar-refractivity contribution in [3.8, 4) is 0 Å². The summed E-state index contributed by atoms with van der Waals surface area (Å²) in [5.74, 6) is -2.45. The fraction of sp³-hybridized carbons (Fsp3) is 0.200. The van der Waals surface area contributed by atoms with E-state index in [2.05, 4.69) is 11.6 Å². The topological polar surface area (TPSA) is 34.1 Å². The molecule has 0 fully saturated rings. The minimum absolute atomic E-state index is 0.0219. The smallest absolute Gasteiger partial charge is 0.294 e. The number of hydrogen-bond donors (Lipinski definition) is 0. The van der Waals surface area contributed by atoms with Gasteiger partial charge in [-0.3, -0.25) is 9.59 Å². The summed E-state index contributed by atoms with van der Waals surface area (Å²) in [6.45, 7) is 0. The molecule has 1 aromatic carbocycles. The van der Waals surface area contributed by atoms with Crippen LogP contribution in [0.2, 0.25) is 10.0 Å². The van der Waals surface area contributed by atoms with E-state index in [4.69, 9.17) is 23.2 Å². The number of rotatable bonds is 4. The quantitative estimate of drug-likeness (QED) is 0.479. The molecule has 7 heteroatoms. The summed E-state index contributed by atoms with van der Waals surface area (Å²) in [6.07, 6.45) is -0.992. The average molecular weight is 302 g/mol. The van der Waals surface area contributed by atoms with Crippen LogP contribution in [0.3, 0.4) is 0 Å². The lowest BCUT2D eigenvalue weighted by atomic mass is 10.1. The molecule has 0 atom stereocenters. The van der Waals surface area contributed by atoms with Crippen molar-refractivity contribution >= 4 is 46.4 Å². The highest BCUT2D eigenvalue weighted by Crippen LogP contribution is 2.25. The van der Waals surface area contributed by atoms with Crippen LogP contribution >= 0.6 is 34.8 Å². The molecule has 0 aliphatic rings. The van der Waals surface area contributed by atoms with E-state index in [1.165, 1.54) is 18.2 Å². The number of Topliss-reactive ketones (excluding diaryl/α,β-unsaturated/α-hetero) is 2. The van der Waals surface area contributed by atoms with E-state index < -0.39 is 23.4 Å². The highest BCUT2D eigenvalue weighted by atomic mass is 35.5. The van der Waals surface area contributed by atoms with Gasteiger partial charge in [0.05, 0.1) is 16.5 Å². The number of carbonyl (C=O) groups excluding carboxylic acids is 2. The van der Waals surface area contributed by atoms with Crippen LogP contribution in [0, 0.1) is 0 Å². The van der Waals surface area contributed by atoms with Crippen molar-refractivity contribution in [2.45, 2.75) is 11.8 Å². The van der Waals surface area contributed by atoms with Crippen LogP contribution in [0.25, 0.3) is 0 Å². The number of alkyl halides is 3. The van der Waals surface area contributed by atoms with Gasteiger partial charge in [-0.15, -0.1) is 0 Å². The molecule has 0 spiro atoms. The Hall–Kier alpha value is -0.710. The van der Waals surface area contributed by atoms with Crippen LogP contribution < -0.4 is 0 Å². The first-order chi connectivity index (χ1) is 7.71. The molecule has 17 heavy (non-hydrogen) atoms. The standard InChI is InChI=1S/C10H5Cl3F2O2/c11-6-2-1-5(3-7(6)12)8(16)4-9(17)10(13,14)15/h1-3H,4H2. The fourth-order valence-electron chi connectivity index (χ4n) is 1.02. The summed E-state index contributed by atoms with van der Waals surface area (Å²) in [6, 6.07) is 3.82. The first-order valence-electron chi connectivity index (χ1n) is 4.30. The molecule has 1 rings (SSSR count). The first-order valence-corrected chi connectivity index (χ1v) is 5.43. The van der Waals surface area contributed by atoms with Gasteiger partial charge in [0.25, 0.3) is 0 Å². The zero-order chi connectivity index (χ0) is 13.2. The molecular weight excluding hydrogens is 296 g/mol. The van der Waals surface area contributed by atoms with Gasteiger partial charge >= 0.3 is 5.38 Å². The van der Waals surface area contributed by atoms with Crippen molar-refractivity contribution < 1.29 is 18.4 Å². The second-order valence-electron chi connectivity index (χ2n) is 3.15. The molecule has 0 saturated heterocycles. The number of carbonyl (C=O) groups is 2. The van der Waals surface area contributed by atoms with Crippen LogP contribution in [0.1, 0.15) is 16.8 Å². The highest BCUT2D eigenvalue weighted by molar-refractivity contribution is 6.42. The summed E-state index contributed by atoms with van der Waals surface area (Å²) >= 11 is 15.7. The van der Waals surface area contributed by atoms with E-state index in [1.54, 1.807) is 0 Å². The number of hydrogen-bond acceptors (Lipinski definition) is 2. The lowest BCUT2D eigenvalue weighted by Gasteiger charge is -2.06. The zero-order valence-corrected chi connectivity index (χ0v) is 10.4. The third-order valence-corrected chi connectivity index (χ3v) is 2.83. The number of benzene rings is 1. The molecule has 0 heterocycles. The molecule has 0 aromatic heterocycles. The Morgan fingerprint density at radius 1 is 1.18 bits per heavy atom. The van der Waals surface area contributed by atoms with E-state index >= 15 is 0 Å². The Morgan fingerprint density at radius 3 is 2.24 bits per heavy atom. The van der Waals surface area contributed by atoms with Gasteiger partial charge in [0.15, 0.2) is 5.78 Å². The molecule has 0 radical (unpaired) electrons. The molecule has 0 unspecified atom stereocenters. The Kier molecular flexibility index (Phi) is 4.47. The minimum Gasteiger partial charge on any atom is -0.294 e. The van der Waals surface area contributed by atoms with Gasteiger partial charge in [0.1, 0.15) is 0 Å². The molecule has 0 N–H and O–H groups in total. The highest BCUT2D eigenvalue weighted by Gasteiger charge is 2.36. The van der Waals surface area contributed by atoms with E-state index in [-0.39, 0.29) is 15.6 Å². The fourth-order valence-corrected chi connectivity index (χ4v) is 1.38. The van der Waals surface area contributed by atoms with E-state index in [9.17, 15) is 18.4 Å². The van der Waals surface area contributed by atoms with Gasteiger partial charge in [0.2, 0.25) is 5.78 Å². The molecule has 0 saturated carbocycles. The van der Waals surface area contributed by atoms with Crippen molar-refractivity contribution in [3.63, 3.8) is 0 Å². The SMILES string of the molecule is O=C(CC(=O)C(F)(F)Cl)c1ccc(Cl)c(Cl)c1. The maximum Gasteiger partial charge on any atom is 0.380 e. The van der Waals surface area contributed by atoms with Crippen LogP contribution in [0.4, 0.5) is 8.78 Å².